The Kier molecular flexibility index (Phi) is 7.42. The lowest BCUT2D eigenvalue weighted by Gasteiger charge is -2.34. The summed E-state index contributed by atoms with van der Waals surface area (Å²) in [5, 5.41) is 6.52. The third-order valence-electron chi connectivity index (χ3n) is 3.40. The molecular weight excluding hydrogens is 349 g/mol. The molecule has 1 saturated heterocycles. The molecule has 122 valence electrons. The van der Waals surface area contributed by atoms with E-state index in [0.29, 0.717) is 22.2 Å². The highest BCUT2D eigenvalue weighted by atomic mass is 35.5. The van der Waals surface area contributed by atoms with E-state index in [0.717, 1.165) is 13.1 Å². The van der Waals surface area contributed by atoms with Crippen molar-refractivity contribution in [1.29, 1.82) is 0 Å². The van der Waals surface area contributed by atoms with Crippen LogP contribution >= 0.6 is 35.6 Å². The number of nitrogens with one attached hydrogen (secondary N) is 2. The quantitative estimate of drug-likeness (QED) is 0.860. The van der Waals surface area contributed by atoms with E-state index < -0.39 is 0 Å². The van der Waals surface area contributed by atoms with Gasteiger partial charge < -0.3 is 15.5 Å². The third-order valence-corrected chi connectivity index (χ3v) is 4.14. The minimum absolute atomic E-state index is 0. The molecule has 0 saturated carbocycles. The maximum Gasteiger partial charge on any atom is 0.251 e. The molecule has 0 aliphatic carbocycles. The Morgan fingerprint density at radius 1 is 1.36 bits per heavy atom. The molecule has 1 atom stereocenters. The second-order valence-electron chi connectivity index (χ2n) is 4.95. The molecule has 1 aromatic rings. The number of halogens is 3. The zero-order chi connectivity index (χ0) is 15.4. The van der Waals surface area contributed by atoms with E-state index in [1.165, 1.54) is 6.07 Å². The van der Waals surface area contributed by atoms with E-state index in [1.54, 1.807) is 17.0 Å². The summed E-state index contributed by atoms with van der Waals surface area (Å²) in [6, 6.07) is 4.74. The fraction of sp³-hybridized carbons (Fsp3) is 0.429. The first-order chi connectivity index (χ1) is 9.99. The number of amides is 2. The predicted molar refractivity (Wildman–Crippen MR) is 90.1 cm³/mol. The first-order valence-electron chi connectivity index (χ1n) is 6.72. The van der Waals surface area contributed by atoms with Gasteiger partial charge in [-0.2, -0.15) is 0 Å². The Morgan fingerprint density at radius 2 is 2.09 bits per heavy atom. The molecule has 0 unspecified atom stereocenters. The Morgan fingerprint density at radius 3 is 2.73 bits per heavy atom. The first-order valence-corrected chi connectivity index (χ1v) is 7.48. The van der Waals surface area contributed by atoms with E-state index in [9.17, 15) is 9.59 Å². The summed E-state index contributed by atoms with van der Waals surface area (Å²) in [5.74, 6) is -0.429. The molecule has 0 bridgehead atoms. The van der Waals surface area contributed by atoms with Crippen molar-refractivity contribution in [3.8, 4) is 0 Å². The topological polar surface area (TPSA) is 61.4 Å². The highest BCUT2D eigenvalue weighted by molar-refractivity contribution is 6.42. The molecule has 1 heterocycles. The zero-order valence-corrected chi connectivity index (χ0v) is 14.4. The van der Waals surface area contributed by atoms with E-state index in [2.05, 4.69) is 10.6 Å². The van der Waals surface area contributed by atoms with Crippen LogP contribution in [0.5, 0.6) is 0 Å². The number of piperazine rings is 1. The average Bonchev–Trinajstić information content (AvgIpc) is 2.47. The second kappa shape index (κ2) is 8.58. The normalized spacial score (nSPS) is 17.6. The predicted octanol–water partition coefficient (Wildman–Crippen LogP) is 1.97. The monoisotopic (exact) mass is 365 g/mol. The van der Waals surface area contributed by atoms with Crippen LogP contribution in [0.4, 0.5) is 0 Å². The van der Waals surface area contributed by atoms with Crippen LogP contribution in [0, 0.1) is 0 Å². The zero-order valence-electron chi connectivity index (χ0n) is 12.1. The van der Waals surface area contributed by atoms with Gasteiger partial charge in [0.2, 0.25) is 5.91 Å². The van der Waals surface area contributed by atoms with Crippen LogP contribution in [0.1, 0.15) is 17.3 Å². The summed E-state index contributed by atoms with van der Waals surface area (Å²) in [6.45, 7) is 4.15. The lowest BCUT2D eigenvalue weighted by Crippen LogP contribution is -2.54. The molecule has 22 heavy (non-hydrogen) atoms. The van der Waals surface area contributed by atoms with Crippen LogP contribution in [-0.2, 0) is 4.79 Å². The van der Waals surface area contributed by atoms with Gasteiger partial charge in [-0.1, -0.05) is 23.2 Å². The summed E-state index contributed by atoms with van der Waals surface area (Å²) < 4.78 is 0. The summed E-state index contributed by atoms with van der Waals surface area (Å²) in [4.78, 5) is 25.9. The third kappa shape index (κ3) is 4.74. The van der Waals surface area contributed by atoms with Crippen molar-refractivity contribution in [3.05, 3.63) is 33.8 Å². The maximum absolute atomic E-state index is 12.1. The SMILES string of the molecule is C[C@H]1CNCCN1C(=O)CNC(=O)c1ccc(Cl)c(Cl)c1.Cl. The molecule has 2 rings (SSSR count). The Bertz CT molecular complexity index is 554. The Balaban J connectivity index is 0.00000242. The van der Waals surface area contributed by atoms with Crippen molar-refractivity contribution < 1.29 is 9.59 Å². The highest BCUT2D eigenvalue weighted by Crippen LogP contribution is 2.22. The lowest BCUT2D eigenvalue weighted by atomic mass is 10.2. The van der Waals surface area contributed by atoms with Crippen molar-refractivity contribution in [3.63, 3.8) is 0 Å². The molecule has 2 N–H and O–H groups in total. The van der Waals surface area contributed by atoms with Gasteiger partial charge in [-0.05, 0) is 25.1 Å². The van der Waals surface area contributed by atoms with Gasteiger partial charge in [-0.3, -0.25) is 9.59 Å². The molecule has 1 aromatic carbocycles. The molecular formula is C14H18Cl3N3O2. The molecule has 5 nitrogen and oxygen atoms in total. The van der Waals surface area contributed by atoms with Crippen molar-refractivity contribution in [2.45, 2.75) is 13.0 Å². The van der Waals surface area contributed by atoms with Crippen molar-refractivity contribution in [1.82, 2.24) is 15.5 Å². The van der Waals surface area contributed by atoms with Gasteiger partial charge >= 0.3 is 0 Å². The standard InChI is InChI=1S/C14H17Cl2N3O2.ClH/c1-9-7-17-4-5-19(9)13(20)8-18-14(21)10-2-3-11(15)12(16)6-10;/h2-3,6,9,17H,4-5,7-8H2,1H3,(H,18,21);1H/t9-;/m0./s1. The largest absolute Gasteiger partial charge is 0.343 e. The van der Waals surface area contributed by atoms with Gasteiger partial charge in [0.25, 0.3) is 5.91 Å². The van der Waals surface area contributed by atoms with E-state index in [1.807, 2.05) is 6.92 Å². The summed E-state index contributed by atoms with van der Waals surface area (Å²) >= 11 is 11.7. The van der Waals surface area contributed by atoms with Crippen LogP contribution < -0.4 is 10.6 Å². The Labute approximate surface area is 145 Å². The molecule has 1 fully saturated rings. The highest BCUT2D eigenvalue weighted by Gasteiger charge is 2.23. The van der Waals surface area contributed by atoms with Gasteiger partial charge in [0, 0.05) is 31.2 Å². The van der Waals surface area contributed by atoms with Gasteiger partial charge in [0.05, 0.1) is 16.6 Å². The summed E-state index contributed by atoms with van der Waals surface area (Å²) in [5.41, 5.74) is 0.380. The van der Waals surface area contributed by atoms with Crippen LogP contribution in [0.15, 0.2) is 18.2 Å². The van der Waals surface area contributed by atoms with E-state index in [-0.39, 0.29) is 36.8 Å². The van der Waals surface area contributed by atoms with Crippen LogP contribution in [0.3, 0.4) is 0 Å². The van der Waals surface area contributed by atoms with Crippen molar-refractivity contribution >= 4 is 47.4 Å². The lowest BCUT2D eigenvalue weighted by molar-refractivity contribution is -0.132. The van der Waals surface area contributed by atoms with Crippen LogP contribution in [-0.4, -0.2) is 48.9 Å². The maximum atomic E-state index is 12.1. The fourth-order valence-corrected chi connectivity index (χ4v) is 2.51. The number of carbonyl (C=O) groups is 2. The van der Waals surface area contributed by atoms with Crippen molar-refractivity contribution in [2.75, 3.05) is 26.2 Å². The Hall–Kier alpha value is -1.01. The van der Waals surface area contributed by atoms with Gasteiger partial charge in [0.15, 0.2) is 0 Å². The number of nitrogens with zero attached hydrogens (tertiary/aromatic N) is 1. The number of benzene rings is 1. The number of hydrogen-bond acceptors (Lipinski definition) is 3. The minimum atomic E-state index is -0.343. The van der Waals surface area contributed by atoms with Gasteiger partial charge in [-0.25, -0.2) is 0 Å². The smallest absolute Gasteiger partial charge is 0.251 e. The fourth-order valence-electron chi connectivity index (χ4n) is 2.21. The summed E-state index contributed by atoms with van der Waals surface area (Å²) in [7, 11) is 0. The van der Waals surface area contributed by atoms with E-state index >= 15 is 0 Å². The first kappa shape index (κ1) is 19.0. The minimum Gasteiger partial charge on any atom is -0.343 e. The van der Waals surface area contributed by atoms with E-state index in [4.69, 9.17) is 23.2 Å². The van der Waals surface area contributed by atoms with Crippen molar-refractivity contribution in [2.24, 2.45) is 0 Å². The number of rotatable bonds is 3. The molecule has 1 aliphatic rings. The van der Waals surface area contributed by atoms with Crippen LogP contribution in [0.25, 0.3) is 0 Å². The van der Waals surface area contributed by atoms with Crippen LogP contribution in [0.2, 0.25) is 10.0 Å². The van der Waals surface area contributed by atoms with Gasteiger partial charge in [0.1, 0.15) is 0 Å². The number of hydrogen-bond donors (Lipinski definition) is 2. The molecule has 2 amide bonds. The molecule has 1 aliphatic heterocycles. The number of carbonyl (C=O) groups excluding carboxylic acids is 2. The second-order valence-corrected chi connectivity index (χ2v) is 5.77. The molecule has 0 aromatic heterocycles. The van der Waals surface area contributed by atoms with Gasteiger partial charge in [-0.15, -0.1) is 12.4 Å². The molecule has 8 heteroatoms. The molecule has 0 spiro atoms. The summed E-state index contributed by atoms with van der Waals surface area (Å²) in [6.07, 6.45) is 0. The average molecular weight is 367 g/mol. The molecule has 0 radical (unpaired) electrons.